The lowest BCUT2D eigenvalue weighted by atomic mass is 9.99. The van der Waals surface area contributed by atoms with E-state index in [4.69, 9.17) is 4.42 Å². The number of hydrogen-bond acceptors (Lipinski definition) is 4. The third-order valence-corrected chi connectivity index (χ3v) is 4.84. The van der Waals surface area contributed by atoms with Crippen LogP contribution in [0.5, 0.6) is 0 Å². The minimum Gasteiger partial charge on any atom is -0.459 e. The fraction of sp³-hybridized carbons (Fsp3) is 0.471. The van der Waals surface area contributed by atoms with E-state index in [2.05, 4.69) is 10.2 Å². The van der Waals surface area contributed by atoms with Crippen molar-refractivity contribution < 1.29 is 14.0 Å². The van der Waals surface area contributed by atoms with Gasteiger partial charge in [-0.15, -0.1) is 0 Å². The number of piperidine rings is 1. The summed E-state index contributed by atoms with van der Waals surface area (Å²) in [6.07, 6.45) is 7.54. The first kappa shape index (κ1) is 15.0. The van der Waals surface area contributed by atoms with Gasteiger partial charge in [0.2, 0.25) is 5.91 Å². The van der Waals surface area contributed by atoms with Crippen LogP contribution in [0.1, 0.15) is 41.9 Å². The van der Waals surface area contributed by atoms with Crippen LogP contribution in [0.3, 0.4) is 0 Å². The molecule has 4 rings (SSSR count). The number of aryl methyl sites for hydroxylation is 1. The monoisotopic (exact) mass is 328 g/mol. The molecule has 0 spiro atoms. The largest absolute Gasteiger partial charge is 0.459 e. The van der Waals surface area contributed by atoms with Crippen molar-refractivity contribution in [2.75, 3.05) is 18.0 Å². The van der Waals surface area contributed by atoms with Crippen molar-refractivity contribution in [3.05, 3.63) is 36.0 Å². The average Bonchev–Trinajstić information content (AvgIpc) is 3.31. The number of aromatic nitrogens is 2. The van der Waals surface area contributed by atoms with Gasteiger partial charge in [0, 0.05) is 13.1 Å². The lowest BCUT2D eigenvalue weighted by Gasteiger charge is -2.38. The third-order valence-electron chi connectivity index (χ3n) is 4.84. The normalized spacial score (nSPS) is 20.8. The Hall–Kier alpha value is -2.57. The van der Waals surface area contributed by atoms with Gasteiger partial charge in [-0.25, -0.2) is 0 Å². The van der Waals surface area contributed by atoms with Crippen molar-refractivity contribution in [1.29, 1.82) is 0 Å². The summed E-state index contributed by atoms with van der Waals surface area (Å²) in [7, 11) is 0. The van der Waals surface area contributed by atoms with E-state index in [1.807, 2.05) is 0 Å². The van der Waals surface area contributed by atoms with Gasteiger partial charge in [0.05, 0.1) is 23.8 Å². The van der Waals surface area contributed by atoms with Crippen molar-refractivity contribution in [2.45, 2.75) is 38.1 Å². The smallest absolute Gasteiger partial charge is 0.290 e. The van der Waals surface area contributed by atoms with E-state index < -0.39 is 6.04 Å². The van der Waals surface area contributed by atoms with E-state index in [0.29, 0.717) is 19.5 Å². The molecule has 2 aliphatic rings. The van der Waals surface area contributed by atoms with E-state index in [1.54, 1.807) is 28.1 Å². The molecule has 2 aliphatic heterocycles. The van der Waals surface area contributed by atoms with Crippen LogP contribution in [-0.2, 0) is 11.2 Å². The number of fused-ring (bicyclic) bond motifs is 1. The second-order valence-electron chi connectivity index (χ2n) is 6.31. The molecule has 2 aromatic heterocycles. The molecule has 0 saturated carbocycles. The quantitative estimate of drug-likeness (QED) is 0.914. The predicted molar refractivity (Wildman–Crippen MR) is 86.6 cm³/mol. The second-order valence-corrected chi connectivity index (χ2v) is 6.31. The molecule has 7 nitrogen and oxygen atoms in total. The molecule has 126 valence electrons. The van der Waals surface area contributed by atoms with Crippen molar-refractivity contribution in [2.24, 2.45) is 0 Å². The molecule has 1 saturated heterocycles. The highest BCUT2D eigenvalue weighted by Gasteiger charge is 2.37. The van der Waals surface area contributed by atoms with Gasteiger partial charge >= 0.3 is 0 Å². The summed E-state index contributed by atoms with van der Waals surface area (Å²) in [5.74, 6) is 0.0665. The first-order chi connectivity index (χ1) is 11.8. The molecule has 0 aliphatic carbocycles. The summed E-state index contributed by atoms with van der Waals surface area (Å²) < 4.78 is 5.23. The van der Waals surface area contributed by atoms with Gasteiger partial charge in [-0.2, -0.15) is 5.10 Å². The van der Waals surface area contributed by atoms with Gasteiger partial charge in [-0.3, -0.25) is 14.7 Å². The standard InChI is InChI=1S/C17H20N4O3/c22-16(21-9-3-5-12-14(21)11-18-19-12)13-6-1-2-8-20(13)17(23)15-7-4-10-24-15/h4,7,10-11,13H,1-3,5-6,8-9H2,(H,18,19)/t13-/m0/s1. The lowest BCUT2D eigenvalue weighted by molar-refractivity contribution is -0.124. The van der Waals surface area contributed by atoms with E-state index >= 15 is 0 Å². The highest BCUT2D eigenvalue weighted by molar-refractivity contribution is 6.02. The number of H-pyrrole nitrogens is 1. The van der Waals surface area contributed by atoms with E-state index in [0.717, 1.165) is 37.1 Å². The summed E-state index contributed by atoms with van der Waals surface area (Å²) in [6.45, 7) is 1.26. The number of anilines is 1. The second kappa shape index (κ2) is 6.14. The van der Waals surface area contributed by atoms with Crippen LogP contribution in [0.2, 0.25) is 0 Å². The molecule has 1 fully saturated rings. The van der Waals surface area contributed by atoms with Crippen molar-refractivity contribution in [3.8, 4) is 0 Å². The van der Waals surface area contributed by atoms with Gasteiger partial charge in [0.1, 0.15) is 6.04 Å². The number of amides is 2. The van der Waals surface area contributed by atoms with Gasteiger partial charge in [0.25, 0.3) is 5.91 Å². The Bertz CT molecular complexity index is 737. The number of carbonyl (C=O) groups excluding carboxylic acids is 2. The highest BCUT2D eigenvalue weighted by Crippen LogP contribution is 2.28. The van der Waals surface area contributed by atoms with Gasteiger partial charge in [0.15, 0.2) is 5.76 Å². The van der Waals surface area contributed by atoms with E-state index in [1.165, 1.54) is 6.26 Å². The minimum atomic E-state index is -0.433. The topological polar surface area (TPSA) is 82.4 Å². The summed E-state index contributed by atoms with van der Waals surface area (Å²) in [6, 6.07) is 2.90. The molecule has 2 amide bonds. The summed E-state index contributed by atoms with van der Waals surface area (Å²) >= 11 is 0. The van der Waals surface area contributed by atoms with Crippen LogP contribution in [0.4, 0.5) is 5.69 Å². The Balaban J connectivity index is 1.59. The number of likely N-dealkylation sites (tertiary alicyclic amines) is 1. The Morgan fingerprint density at radius 3 is 3.00 bits per heavy atom. The Morgan fingerprint density at radius 1 is 1.25 bits per heavy atom. The van der Waals surface area contributed by atoms with Crippen molar-refractivity contribution >= 4 is 17.5 Å². The molecule has 2 aromatic rings. The van der Waals surface area contributed by atoms with Crippen LogP contribution in [0, 0.1) is 0 Å². The molecule has 7 heteroatoms. The average molecular weight is 328 g/mol. The number of rotatable bonds is 2. The summed E-state index contributed by atoms with van der Waals surface area (Å²) in [4.78, 5) is 29.3. The third kappa shape index (κ3) is 2.50. The van der Waals surface area contributed by atoms with Crippen LogP contribution in [0.25, 0.3) is 0 Å². The maximum absolute atomic E-state index is 13.2. The molecule has 1 N–H and O–H groups in total. The Labute approximate surface area is 139 Å². The van der Waals surface area contributed by atoms with Gasteiger partial charge in [-0.1, -0.05) is 0 Å². The first-order valence-corrected chi connectivity index (χ1v) is 8.44. The van der Waals surface area contributed by atoms with Crippen LogP contribution >= 0.6 is 0 Å². The molecule has 0 radical (unpaired) electrons. The SMILES string of the molecule is O=C([C@@H]1CCCCN1C(=O)c1ccco1)N1CCCc2[nH]ncc21. The Morgan fingerprint density at radius 2 is 2.17 bits per heavy atom. The maximum Gasteiger partial charge on any atom is 0.290 e. The van der Waals surface area contributed by atoms with Crippen LogP contribution < -0.4 is 4.90 Å². The number of furan rings is 1. The summed E-state index contributed by atoms with van der Waals surface area (Å²) in [5, 5.41) is 7.02. The Kier molecular flexibility index (Phi) is 3.84. The number of carbonyl (C=O) groups is 2. The molecule has 4 heterocycles. The zero-order valence-electron chi connectivity index (χ0n) is 13.4. The zero-order chi connectivity index (χ0) is 16.5. The van der Waals surface area contributed by atoms with Crippen molar-refractivity contribution in [3.63, 3.8) is 0 Å². The van der Waals surface area contributed by atoms with Crippen molar-refractivity contribution in [1.82, 2.24) is 15.1 Å². The molecular weight excluding hydrogens is 308 g/mol. The number of aromatic amines is 1. The molecule has 0 aromatic carbocycles. The molecule has 0 unspecified atom stereocenters. The van der Waals surface area contributed by atoms with Crippen LogP contribution in [0.15, 0.2) is 29.0 Å². The predicted octanol–water partition coefficient (Wildman–Crippen LogP) is 1.98. The lowest BCUT2D eigenvalue weighted by Crippen LogP contribution is -2.54. The molecular formula is C17H20N4O3. The van der Waals surface area contributed by atoms with E-state index in [9.17, 15) is 9.59 Å². The zero-order valence-corrected chi connectivity index (χ0v) is 13.4. The molecule has 24 heavy (non-hydrogen) atoms. The first-order valence-electron chi connectivity index (χ1n) is 8.44. The van der Waals surface area contributed by atoms with Crippen LogP contribution in [-0.4, -0.2) is 46.0 Å². The fourth-order valence-corrected chi connectivity index (χ4v) is 3.64. The number of hydrogen-bond donors (Lipinski definition) is 1. The molecule has 1 atom stereocenters. The minimum absolute atomic E-state index is 0.0167. The number of nitrogens with zero attached hydrogens (tertiary/aromatic N) is 3. The number of nitrogens with one attached hydrogen (secondary N) is 1. The highest BCUT2D eigenvalue weighted by atomic mass is 16.3. The van der Waals surface area contributed by atoms with Gasteiger partial charge in [-0.05, 0) is 44.2 Å². The van der Waals surface area contributed by atoms with Gasteiger partial charge < -0.3 is 14.2 Å². The maximum atomic E-state index is 13.2. The van der Waals surface area contributed by atoms with E-state index in [-0.39, 0.29) is 17.6 Å². The molecule has 0 bridgehead atoms. The fourth-order valence-electron chi connectivity index (χ4n) is 3.64. The summed E-state index contributed by atoms with van der Waals surface area (Å²) in [5.41, 5.74) is 1.84.